The Labute approximate surface area is 90.4 Å². The van der Waals surface area contributed by atoms with Crippen LogP contribution in [0, 0.1) is 6.92 Å². The van der Waals surface area contributed by atoms with Crippen molar-refractivity contribution in [3.05, 3.63) is 15.9 Å². The van der Waals surface area contributed by atoms with Gasteiger partial charge in [0.2, 0.25) is 0 Å². The van der Waals surface area contributed by atoms with Crippen LogP contribution in [0.2, 0.25) is 0 Å². The van der Waals surface area contributed by atoms with Gasteiger partial charge in [-0.1, -0.05) is 0 Å². The molecule has 14 heavy (non-hydrogen) atoms. The first-order valence-corrected chi connectivity index (χ1v) is 5.08. The molecule has 5 heteroatoms. The van der Waals surface area contributed by atoms with Crippen LogP contribution in [0.15, 0.2) is 4.60 Å². The molecule has 0 saturated carbocycles. The molecule has 0 saturated heterocycles. The van der Waals surface area contributed by atoms with E-state index in [1.54, 1.807) is 6.92 Å². The summed E-state index contributed by atoms with van der Waals surface area (Å²) >= 11 is 3.16. The third-order valence-corrected chi connectivity index (χ3v) is 2.71. The van der Waals surface area contributed by atoms with Gasteiger partial charge in [0.1, 0.15) is 10.3 Å². The summed E-state index contributed by atoms with van der Waals surface area (Å²) in [5, 5.41) is 4.06. The molecule has 2 nitrogen and oxygen atoms in total. The Morgan fingerprint density at radius 2 is 1.86 bits per heavy atom. The van der Waals surface area contributed by atoms with Crippen molar-refractivity contribution in [1.82, 2.24) is 9.78 Å². The smallest absolute Gasteiger partial charge is 0.257 e. The van der Waals surface area contributed by atoms with Gasteiger partial charge in [-0.15, -0.1) is 0 Å². The average molecular weight is 267 g/mol. The fourth-order valence-corrected chi connectivity index (χ4v) is 1.61. The number of alkyl halides is 2. The zero-order valence-corrected chi connectivity index (χ0v) is 10.2. The third-order valence-electron chi connectivity index (χ3n) is 1.95. The van der Waals surface area contributed by atoms with Gasteiger partial charge in [-0.3, -0.25) is 4.68 Å². The van der Waals surface area contributed by atoms with Gasteiger partial charge >= 0.3 is 0 Å². The van der Waals surface area contributed by atoms with Crippen LogP contribution in [-0.4, -0.2) is 9.78 Å². The second-order valence-electron chi connectivity index (χ2n) is 4.18. The van der Waals surface area contributed by atoms with Crippen molar-refractivity contribution >= 4 is 15.9 Å². The molecule has 0 amide bonds. The van der Waals surface area contributed by atoms with E-state index in [0.717, 1.165) is 0 Å². The molecule has 0 bridgehead atoms. The number of hydrogen-bond donors (Lipinski definition) is 0. The molecule has 0 N–H and O–H groups in total. The number of halogens is 3. The summed E-state index contributed by atoms with van der Waals surface area (Å²) in [5.41, 5.74) is 0.0713. The van der Waals surface area contributed by atoms with Gasteiger partial charge in [0.05, 0.1) is 5.54 Å². The zero-order chi connectivity index (χ0) is 11.1. The molecule has 0 atom stereocenters. The number of rotatable bonds is 1. The normalized spacial score (nSPS) is 12.6. The molecule has 0 spiro atoms. The third kappa shape index (κ3) is 1.97. The summed E-state index contributed by atoms with van der Waals surface area (Å²) in [6.45, 7) is 7.17. The highest BCUT2D eigenvalue weighted by Gasteiger charge is 2.27. The molecule has 0 aromatic carbocycles. The minimum absolute atomic E-state index is 0.00984. The van der Waals surface area contributed by atoms with Crippen LogP contribution in [0.1, 0.15) is 38.5 Å². The van der Waals surface area contributed by atoms with E-state index < -0.39 is 12.0 Å². The van der Waals surface area contributed by atoms with E-state index in [1.165, 1.54) is 4.68 Å². The molecule has 0 unspecified atom stereocenters. The van der Waals surface area contributed by atoms with Crippen molar-refractivity contribution in [1.29, 1.82) is 0 Å². The lowest BCUT2D eigenvalue weighted by Gasteiger charge is -2.22. The van der Waals surface area contributed by atoms with Gasteiger partial charge in [-0.2, -0.15) is 5.10 Å². The first kappa shape index (κ1) is 11.6. The average Bonchev–Trinajstić information content (AvgIpc) is 2.27. The first-order chi connectivity index (χ1) is 6.25. The first-order valence-electron chi connectivity index (χ1n) is 4.28. The molecule has 0 aliphatic rings. The maximum Gasteiger partial charge on any atom is 0.280 e. The summed E-state index contributed by atoms with van der Waals surface area (Å²) in [4.78, 5) is 0. The zero-order valence-electron chi connectivity index (χ0n) is 8.61. The SMILES string of the molecule is Cc1c(Br)nn(C(C)(C)C)c1C(F)F. The lowest BCUT2D eigenvalue weighted by molar-refractivity contribution is 0.129. The molecular formula is C9H13BrF2N2. The van der Waals surface area contributed by atoms with Crippen molar-refractivity contribution in [2.45, 2.75) is 39.7 Å². The molecule has 0 fully saturated rings. The Bertz CT molecular complexity index is 339. The van der Waals surface area contributed by atoms with Crippen LogP contribution in [-0.2, 0) is 5.54 Å². The number of hydrogen-bond acceptors (Lipinski definition) is 1. The summed E-state index contributed by atoms with van der Waals surface area (Å²) in [5.74, 6) is 0. The fourth-order valence-electron chi connectivity index (χ4n) is 1.25. The topological polar surface area (TPSA) is 17.8 Å². The largest absolute Gasteiger partial charge is 0.280 e. The van der Waals surface area contributed by atoms with Crippen LogP contribution >= 0.6 is 15.9 Å². The Morgan fingerprint density at radius 1 is 1.36 bits per heavy atom. The molecule has 0 aliphatic carbocycles. The molecule has 0 aliphatic heterocycles. The van der Waals surface area contributed by atoms with Crippen molar-refractivity contribution < 1.29 is 8.78 Å². The van der Waals surface area contributed by atoms with Crippen LogP contribution in [0.5, 0.6) is 0 Å². The van der Waals surface area contributed by atoms with Gasteiger partial charge in [0.15, 0.2) is 0 Å². The van der Waals surface area contributed by atoms with Crippen LogP contribution < -0.4 is 0 Å². The molecule has 1 rings (SSSR count). The minimum atomic E-state index is -2.49. The van der Waals surface area contributed by atoms with E-state index in [9.17, 15) is 8.78 Å². The maximum absolute atomic E-state index is 12.8. The predicted octanol–water partition coefficient (Wildman–Crippen LogP) is 3.65. The highest BCUT2D eigenvalue weighted by molar-refractivity contribution is 9.10. The van der Waals surface area contributed by atoms with E-state index in [2.05, 4.69) is 21.0 Å². The van der Waals surface area contributed by atoms with Crippen molar-refractivity contribution in [2.75, 3.05) is 0 Å². The van der Waals surface area contributed by atoms with E-state index in [1.807, 2.05) is 20.8 Å². The maximum atomic E-state index is 12.8. The van der Waals surface area contributed by atoms with Crippen molar-refractivity contribution in [2.24, 2.45) is 0 Å². The second kappa shape index (κ2) is 3.61. The Kier molecular flexibility index (Phi) is 2.99. The fraction of sp³-hybridized carbons (Fsp3) is 0.667. The van der Waals surface area contributed by atoms with E-state index in [4.69, 9.17) is 0 Å². The summed E-state index contributed by atoms with van der Waals surface area (Å²) < 4.78 is 27.4. The second-order valence-corrected chi connectivity index (χ2v) is 4.94. The Hall–Kier alpha value is -0.450. The highest BCUT2D eigenvalue weighted by atomic mass is 79.9. The van der Waals surface area contributed by atoms with Crippen molar-refractivity contribution in [3.63, 3.8) is 0 Å². The standard InChI is InChI=1S/C9H13BrF2N2/c1-5-6(8(11)12)14(9(2,3)4)13-7(5)10/h8H,1-4H3. The molecule has 1 aromatic heterocycles. The van der Waals surface area contributed by atoms with E-state index in [-0.39, 0.29) is 5.69 Å². The van der Waals surface area contributed by atoms with Gasteiger partial charge < -0.3 is 0 Å². The van der Waals surface area contributed by atoms with E-state index in [0.29, 0.717) is 10.2 Å². The monoisotopic (exact) mass is 266 g/mol. The number of nitrogens with zero attached hydrogens (tertiary/aromatic N) is 2. The van der Waals surface area contributed by atoms with E-state index >= 15 is 0 Å². The Morgan fingerprint density at radius 3 is 2.14 bits per heavy atom. The molecule has 80 valence electrons. The lowest BCUT2D eigenvalue weighted by Crippen LogP contribution is -2.25. The molecular weight excluding hydrogens is 254 g/mol. The van der Waals surface area contributed by atoms with Crippen LogP contribution in [0.4, 0.5) is 8.78 Å². The lowest BCUT2D eigenvalue weighted by atomic mass is 10.1. The van der Waals surface area contributed by atoms with Gasteiger partial charge in [0.25, 0.3) is 6.43 Å². The Balaban J connectivity index is 3.37. The van der Waals surface area contributed by atoms with Gasteiger partial charge in [-0.05, 0) is 43.6 Å². The molecule has 1 heterocycles. The molecule has 1 aromatic rings. The summed E-state index contributed by atoms with van der Waals surface area (Å²) in [6, 6.07) is 0. The van der Waals surface area contributed by atoms with Gasteiger partial charge in [0, 0.05) is 5.56 Å². The summed E-state index contributed by atoms with van der Waals surface area (Å²) in [7, 11) is 0. The predicted molar refractivity (Wildman–Crippen MR) is 54.6 cm³/mol. The van der Waals surface area contributed by atoms with Crippen LogP contribution in [0.25, 0.3) is 0 Å². The van der Waals surface area contributed by atoms with Gasteiger partial charge in [-0.25, -0.2) is 8.78 Å². The minimum Gasteiger partial charge on any atom is -0.257 e. The van der Waals surface area contributed by atoms with Crippen molar-refractivity contribution in [3.8, 4) is 0 Å². The number of aromatic nitrogens is 2. The molecule has 0 radical (unpaired) electrons. The summed E-state index contributed by atoms with van der Waals surface area (Å²) in [6.07, 6.45) is -2.49. The quantitative estimate of drug-likeness (QED) is 0.759. The highest BCUT2D eigenvalue weighted by Crippen LogP contribution is 2.31. The van der Waals surface area contributed by atoms with Crippen LogP contribution in [0.3, 0.4) is 0 Å².